The van der Waals surface area contributed by atoms with Crippen molar-refractivity contribution in [2.24, 2.45) is 0 Å². The molecule has 76 valence electrons. The molecule has 0 bridgehead atoms. The molecule has 0 N–H and O–H groups in total. The fourth-order valence-electron chi connectivity index (χ4n) is 2.06. The first-order valence-corrected chi connectivity index (χ1v) is 8.42. The molecule has 1 aromatic carbocycles. The van der Waals surface area contributed by atoms with Gasteiger partial charge in [0.05, 0.1) is 0 Å². The lowest BCUT2D eigenvalue weighted by Crippen LogP contribution is -2.63. The maximum absolute atomic E-state index is 2.69. The Kier molecular flexibility index (Phi) is 2.50. The number of benzene rings is 1. The first-order valence-electron chi connectivity index (χ1n) is 5.39. The second kappa shape index (κ2) is 3.52. The van der Waals surface area contributed by atoms with Crippen LogP contribution in [0, 0.1) is 0 Å². The lowest BCUT2D eigenvalue weighted by atomic mass is 10.2. The molecular weight excluding hydrogens is 186 g/mol. The van der Waals surface area contributed by atoms with E-state index in [0.29, 0.717) is 0 Å². The highest BCUT2D eigenvalue weighted by molar-refractivity contribution is 6.78. The van der Waals surface area contributed by atoms with Crippen molar-refractivity contribution in [1.29, 1.82) is 0 Å². The van der Waals surface area contributed by atoms with Crippen molar-refractivity contribution < 1.29 is 0 Å². The van der Waals surface area contributed by atoms with Crippen LogP contribution in [0.2, 0.25) is 18.6 Å². The first kappa shape index (κ1) is 9.93. The molecule has 1 nitrogen and oxygen atoms in total. The Hall–Kier alpha value is -0.603. The summed E-state index contributed by atoms with van der Waals surface area (Å²) in [4.78, 5) is 0. The van der Waals surface area contributed by atoms with Crippen molar-refractivity contribution in [2.75, 3.05) is 6.54 Å². The monoisotopic (exact) mass is 205 g/mol. The molecule has 14 heavy (non-hydrogen) atoms. The zero-order valence-corrected chi connectivity index (χ0v) is 10.3. The molecule has 0 saturated carbocycles. The highest BCUT2D eigenvalue weighted by Gasteiger charge is 2.44. The third-order valence-electron chi connectivity index (χ3n) is 3.73. The van der Waals surface area contributed by atoms with Crippen molar-refractivity contribution in [3.63, 3.8) is 0 Å². The van der Waals surface area contributed by atoms with Crippen LogP contribution in [0.5, 0.6) is 0 Å². The van der Waals surface area contributed by atoms with Crippen molar-refractivity contribution in [2.45, 2.75) is 32.1 Å². The van der Waals surface area contributed by atoms with Gasteiger partial charge in [-0.05, 0) is 17.6 Å². The highest BCUT2D eigenvalue weighted by Crippen LogP contribution is 2.37. The van der Waals surface area contributed by atoms with Gasteiger partial charge in [0.25, 0.3) is 0 Å². The normalized spacial score (nSPS) is 25.8. The van der Waals surface area contributed by atoms with E-state index in [1.54, 1.807) is 0 Å². The van der Waals surface area contributed by atoms with E-state index in [2.05, 4.69) is 54.9 Å². The predicted octanol–water partition coefficient (Wildman–Crippen LogP) is 3.10. The van der Waals surface area contributed by atoms with E-state index in [9.17, 15) is 0 Å². The van der Waals surface area contributed by atoms with E-state index >= 15 is 0 Å². The molecule has 1 saturated heterocycles. The Bertz CT molecular complexity index is 307. The topological polar surface area (TPSA) is 3.24 Å². The summed E-state index contributed by atoms with van der Waals surface area (Å²) >= 11 is 0. The van der Waals surface area contributed by atoms with Crippen LogP contribution < -0.4 is 0 Å². The van der Waals surface area contributed by atoms with Crippen molar-refractivity contribution in [1.82, 2.24) is 4.57 Å². The second-order valence-corrected chi connectivity index (χ2v) is 9.85. The molecule has 2 rings (SSSR count). The third-order valence-corrected chi connectivity index (χ3v) is 8.30. The van der Waals surface area contributed by atoms with Gasteiger partial charge in [-0.2, -0.15) is 0 Å². The van der Waals surface area contributed by atoms with Gasteiger partial charge < -0.3 is 4.57 Å². The average molecular weight is 205 g/mol. The lowest BCUT2D eigenvalue weighted by Gasteiger charge is -2.52. The molecule has 0 radical (unpaired) electrons. The van der Waals surface area contributed by atoms with Crippen LogP contribution >= 0.6 is 0 Å². The quantitative estimate of drug-likeness (QED) is 0.671. The summed E-state index contributed by atoms with van der Waals surface area (Å²) in [5.41, 5.74) is 2.42. The Morgan fingerprint density at radius 2 is 1.93 bits per heavy atom. The van der Waals surface area contributed by atoms with Gasteiger partial charge in [-0.25, -0.2) is 0 Å². The molecule has 1 heterocycles. The van der Waals surface area contributed by atoms with Gasteiger partial charge in [0, 0.05) is 6.54 Å². The highest BCUT2D eigenvalue weighted by atomic mass is 28.3. The molecular formula is C12H19NSi. The minimum absolute atomic E-state index is 0.964. The van der Waals surface area contributed by atoms with Gasteiger partial charge in [-0.3, -0.25) is 0 Å². The van der Waals surface area contributed by atoms with Gasteiger partial charge in [0.15, 0.2) is 0 Å². The van der Waals surface area contributed by atoms with Gasteiger partial charge in [-0.1, -0.05) is 50.3 Å². The minimum Gasteiger partial charge on any atom is -0.319 e. The van der Waals surface area contributed by atoms with Crippen LogP contribution in [0.25, 0.3) is 0 Å². The zero-order valence-electron chi connectivity index (χ0n) is 9.33. The number of rotatable bonds is 2. The van der Waals surface area contributed by atoms with Crippen molar-refractivity contribution in [3.8, 4) is 0 Å². The molecule has 1 unspecified atom stereocenters. The largest absolute Gasteiger partial charge is 0.319 e. The molecule has 1 aliphatic rings. The fourth-order valence-corrected chi connectivity index (χ4v) is 4.37. The van der Waals surface area contributed by atoms with E-state index in [1.807, 2.05) is 0 Å². The molecule has 1 aliphatic heterocycles. The van der Waals surface area contributed by atoms with Gasteiger partial charge >= 0.3 is 0 Å². The van der Waals surface area contributed by atoms with Gasteiger partial charge in [0.1, 0.15) is 8.24 Å². The van der Waals surface area contributed by atoms with Crippen LogP contribution in [0.4, 0.5) is 0 Å². The number of nitrogens with zero attached hydrogens (tertiary/aromatic N) is 1. The second-order valence-electron chi connectivity index (χ2n) is 4.92. The van der Waals surface area contributed by atoms with Crippen LogP contribution in [-0.4, -0.2) is 19.3 Å². The summed E-state index contributed by atoms with van der Waals surface area (Å²) in [6.07, 6.45) is 0. The number of hydrogen-bond donors (Lipinski definition) is 0. The van der Waals surface area contributed by atoms with Crippen molar-refractivity contribution >= 4 is 8.24 Å². The summed E-state index contributed by atoms with van der Waals surface area (Å²) in [5, 5.41) is 0. The molecule has 0 amide bonds. The maximum Gasteiger partial charge on any atom is 0.126 e. The van der Waals surface area contributed by atoms with Crippen LogP contribution in [-0.2, 0) is 6.54 Å². The van der Waals surface area contributed by atoms with Gasteiger partial charge in [0.2, 0.25) is 0 Å². The third kappa shape index (κ3) is 1.64. The Morgan fingerprint density at radius 1 is 1.29 bits per heavy atom. The molecule has 0 aromatic heterocycles. The Balaban J connectivity index is 2.01. The number of hydrogen-bond acceptors (Lipinski definition) is 1. The van der Waals surface area contributed by atoms with E-state index in [1.165, 1.54) is 12.1 Å². The first-order chi connectivity index (χ1) is 6.60. The molecule has 1 aromatic rings. The standard InChI is InChI=1S/C12H19NSi/c1-11-9-13(14(11,2)3)10-12-7-5-4-6-8-12/h4-8,11H,9-10H2,1-3H3. The lowest BCUT2D eigenvalue weighted by molar-refractivity contribution is 0.333. The molecule has 1 fully saturated rings. The summed E-state index contributed by atoms with van der Waals surface area (Å²) in [6.45, 7) is 9.81. The van der Waals surface area contributed by atoms with Crippen LogP contribution in [0.15, 0.2) is 30.3 Å². The Morgan fingerprint density at radius 3 is 2.43 bits per heavy atom. The maximum atomic E-state index is 2.69. The van der Waals surface area contributed by atoms with Gasteiger partial charge in [-0.15, -0.1) is 0 Å². The molecule has 2 heteroatoms. The average Bonchev–Trinajstić information content (AvgIpc) is 2.19. The zero-order chi connectivity index (χ0) is 10.2. The minimum atomic E-state index is -1.03. The van der Waals surface area contributed by atoms with E-state index in [-0.39, 0.29) is 0 Å². The smallest absolute Gasteiger partial charge is 0.126 e. The summed E-state index contributed by atoms with van der Waals surface area (Å²) in [5.74, 6) is 0. The van der Waals surface area contributed by atoms with Crippen molar-refractivity contribution in [3.05, 3.63) is 35.9 Å². The molecule has 0 spiro atoms. The molecule has 1 atom stereocenters. The Labute approximate surface area is 87.8 Å². The van der Waals surface area contributed by atoms with Crippen LogP contribution in [0.3, 0.4) is 0 Å². The predicted molar refractivity (Wildman–Crippen MR) is 63.8 cm³/mol. The van der Waals surface area contributed by atoms with Crippen LogP contribution in [0.1, 0.15) is 12.5 Å². The summed E-state index contributed by atoms with van der Waals surface area (Å²) in [7, 11) is -1.03. The van der Waals surface area contributed by atoms with E-state index in [0.717, 1.165) is 12.1 Å². The summed E-state index contributed by atoms with van der Waals surface area (Å²) in [6, 6.07) is 10.8. The van der Waals surface area contributed by atoms with E-state index < -0.39 is 8.24 Å². The summed E-state index contributed by atoms with van der Waals surface area (Å²) < 4.78 is 2.69. The molecule has 0 aliphatic carbocycles. The SMILES string of the molecule is CC1CN(Cc2ccccc2)[Si]1(C)C. The fraction of sp³-hybridized carbons (Fsp3) is 0.500. The van der Waals surface area contributed by atoms with E-state index in [4.69, 9.17) is 0 Å².